The van der Waals surface area contributed by atoms with E-state index in [0.29, 0.717) is 29.2 Å². The zero-order chi connectivity index (χ0) is 20.9. The van der Waals surface area contributed by atoms with E-state index >= 15 is 0 Å². The molecule has 6 nitrogen and oxygen atoms in total. The summed E-state index contributed by atoms with van der Waals surface area (Å²) in [4.78, 5) is 12.6. The summed E-state index contributed by atoms with van der Waals surface area (Å²) in [7, 11) is -2.26. The number of hydrogen-bond acceptors (Lipinski definition) is 4. The molecule has 0 heterocycles. The van der Waals surface area contributed by atoms with Crippen LogP contribution in [0.3, 0.4) is 0 Å². The quantitative estimate of drug-likeness (QED) is 0.622. The lowest BCUT2D eigenvalue weighted by Crippen LogP contribution is -2.20. The van der Waals surface area contributed by atoms with Crippen molar-refractivity contribution in [3.63, 3.8) is 0 Å². The number of aryl methyl sites for hydroxylation is 1. The van der Waals surface area contributed by atoms with Gasteiger partial charge in [0, 0.05) is 11.3 Å². The molecule has 0 unspecified atom stereocenters. The van der Waals surface area contributed by atoms with E-state index in [1.54, 1.807) is 43.3 Å². The predicted octanol–water partition coefficient (Wildman–Crippen LogP) is 3.73. The Kier molecular flexibility index (Phi) is 6.31. The molecular formula is C22H22N2O4S. The number of amides is 1. The average Bonchev–Trinajstić information content (AvgIpc) is 2.74. The fourth-order valence-corrected chi connectivity index (χ4v) is 3.72. The van der Waals surface area contributed by atoms with Crippen LogP contribution in [0.5, 0.6) is 5.75 Å². The highest BCUT2D eigenvalue weighted by Gasteiger charge is 2.16. The van der Waals surface area contributed by atoms with Crippen molar-refractivity contribution in [3.8, 4) is 5.75 Å². The molecule has 0 aliphatic carbocycles. The number of anilines is 1. The molecule has 3 aromatic rings. The molecule has 0 saturated heterocycles. The van der Waals surface area contributed by atoms with Crippen molar-refractivity contribution in [2.75, 3.05) is 12.4 Å². The number of carbonyl (C=O) groups excluding carboxylic acids is 1. The Balaban J connectivity index is 1.67. The van der Waals surface area contributed by atoms with Gasteiger partial charge in [0.2, 0.25) is 10.0 Å². The molecule has 0 bridgehead atoms. The summed E-state index contributed by atoms with van der Waals surface area (Å²) in [6, 6.07) is 21.3. The fourth-order valence-electron chi connectivity index (χ4n) is 2.72. The normalized spacial score (nSPS) is 11.1. The number of hydrogen-bond donors (Lipinski definition) is 2. The summed E-state index contributed by atoms with van der Waals surface area (Å²) in [6.45, 7) is 2.14. The number of benzene rings is 3. The van der Waals surface area contributed by atoms with E-state index in [1.807, 2.05) is 30.3 Å². The van der Waals surface area contributed by atoms with Crippen molar-refractivity contribution >= 4 is 21.6 Å². The number of nitrogens with one attached hydrogen (secondary N) is 2. The number of sulfonamides is 1. The topological polar surface area (TPSA) is 84.5 Å². The maximum absolute atomic E-state index is 12.5. The fraction of sp³-hybridized carbons (Fsp3) is 0.136. The van der Waals surface area contributed by atoms with E-state index < -0.39 is 10.0 Å². The first-order chi connectivity index (χ1) is 13.9. The van der Waals surface area contributed by atoms with Crippen LogP contribution < -0.4 is 14.8 Å². The smallest absolute Gasteiger partial charge is 0.255 e. The van der Waals surface area contributed by atoms with Gasteiger partial charge in [-0.3, -0.25) is 4.79 Å². The summed E-state index contributed by atoms with van der Waals surface area (Å²) < 4.78 is 32.2. The van der Waals surface area contributed by atoms with Gasteiger partial charge in [-0.05, 0) is 61.5 Å². The van der Waals surface area contributed by atoms with Gasteiger partial charge in [-0.2, -0.15) is 0 Å². The molecule has 0 spiro atoms. The van der Waals surface area contributed by atoms with Crippen LogP contribution in [0.15, 0.2) is 77.7 Å². The molecule has 0 saturated carbocycles. The Labute approximate surface area is 170 Å². The van der Waals surface area contributed by atoms with Crippen LogP contribution in [0, 0.1) is 6.92 Å². The highest BCUT2D eigenvalue weighted by atomic mass is 32.2. The van der Waals surface area contributed by atoms with Gasteiger partial charge in [0.25, 0.3) is 5.91 Å². The van der Waals surface area contributed by atoms with E-state index in [9.17, 15) is 13.2 Å². The van der Waals surface area contributed by atoms with E-state index in [4.69, 9.17) is 4.74 Å². The maximum Gasteiger partial charge on any atom is 0.255 e. The summed E-state index contributed by atoms with van der Waals surface area (Å²) in [5.41, 5.74) is 2.49. The zero-order valence-corrected chi connectivity index (χ0v) is 17.0. The second kappa shape index (κ2) is 8.89. The van der Waals surface area contributed by atoms with Gasteiger partial charge in [0.15, 0.2) is 0 Å². The maximum atomic E-state index is 12.5. The van der Waals surface area contributed by atoms with Crippen molar-refractivity contribution in [3.05, 3.63) is 89.5 Å². The Morgan fingerprint density at radius 1 is 0.966 bits per heavy atom. The highest BCUT2D eigenvalue weighted by molar-refractivity contribution is 7.89. The predicted molar refractivity (Wildman–Crippen MR) is 113 cm³/mol. The minimum Gasteiger partial charge on any atom is -0.489 e. The lowest BCUT2D eigenvalue weighted by molar-refractivity contribution is 0.102. The standard InChI is InChI=1S/C22H22N2O4S/c1-16-8-11-19(14-21(16)29(26,27)23-2)24-22(25)18-9-12-20(13-10-18)28-15-17-6-4-3-5-7-17/h3-14,23H,15H2,1-2H3,(H,24,25). The summed E-state index contributed by atoms with van der Waals surface area (Å²) in [6.07, 6.45) is 0. The third kappa shape index (κ3) is 5.22. The Morgan fingerprint density at radius 3 is 2.31 bits per heavy atom. The van der Waals surface area contributed by atoms with Crippen molar-refractivity contribution in [1.82, 2.24) is 4.72 Å². The first-order valence-corrected chi connectivity index (χ1v) is 10.5. The van der Waals surface area contributed by atoms with Gasteiger partial charge in [-0.15, -0.1) is 0 Å². The SMILES string of the molecule is CNS(=O)(=O)c1cc(NC(=O)c2ccc(OCc3ccccc3)cc2)ccc1C. The second-order valence-electron chi connectivity index (χ2n) is 6.44. The molecule has 150 valence electrons. The van der Waals surface area contributed by atoms with Gasteiger partial charge < -0.3 is 10.1 Å². The molecule has 0 fully saturated rings. The first-order valence-electron chi connectivity index (χ1n) is 9.01. The van der Waals surface area contributed by atoms with E-state index in [0.717, 1.165) is 5.56 Å². The number of carbonyl (C=O) groups is 1. The number of ether oxygens (including phenoxy) is 1. The van der Waals surface area contributed by atoms with Crippen molar-refractivity contribution in [1.29, 1.82) is 0 Å². The molecule has 3 rings (SSSR count). The van der Waals surface area contributed by atoms with Crippen LogP contribution in [0.2, 0.25) is 0 Å². The Bertz CT molecular complexity index is 1100. The van der Waals surface area contributed by atoms with Crippen LogP contribution in [0.25, 0.3) is 0 Å². The lowest BCUT2D eigenvalue weighted by atomic mass is 10.2. The van der Waals surface area contributed by atoms with Crippen LogP contribution in [-0.2, 0) is 16.6 Å². The highest BCUT2D eigenvalue weighted by Crippen LogP contribution is 2.21. The van der Waals surface area contributed by atoms with Crippen LogP contribution >= 0.6 is 0 Å². The molecular weight excluding hydrogens is 388 g/mol. The van der Waals surface area contributed by atoms with Gasteiger partial charge in [0.05, 0.1) is 4.90 Å². The minimum absolute atomic E-state index is 0.127. The van der Waals surface area contributed by atoms with Gasteiger partial charge in [-0.25, -0.2) is 13.1 Å². The summed E-state index contributed by atoms with van der Waals surface area (Å²) in [5.74, 6) is 0.319. The minimum atomic E-state index is -3.60. The van der Waals surface area contributed by atoms with Gasteiger partial charge >= 0.3 is 0 Å². The Morgan fingerprint density at radius 2 is 1.66 bits per heavy atom. The molecule has 0 atom stereocenters. The Hall–Kier alpha value is -3.16. The van der Waals surface area contributed by atoms with Crippen molar-refractivity contribution < 1.29 is 17.9 Å². The summed E-state index contributed by atoms with van der Waals surface area (Å²) in [5, 5.41) is 2.73. The van der Waals surface area contributed by atoms with Gasteiger partial charge in [0.1, 0.15) is 12.4 Å². The molecule has 29 heavy (non-hydrogen) atoms. The monoisotopic (exact) mass is 410 g/mol. The number of rotatable bonds is 7. The van der Waals surface area contributed by atoms with Crippen LogP contribution in [0.1, 0.15) is 21.5 Å². The molecule has 0 aliphatic rings. The first kappa shape index (κ1) is 20.6. The van der Waals surface area contributed by atoms with E-state index in [-0.39, 0.29) is 10.8 Å². The third-order valence-corrected chi connectivity index (χ3v) is 5.93. The van der Waals surface area contributed by atoms with Gasteiger partial charge in [-0.1, -0.05) is 36.4 Å². The largest absolute Gasteiger partial charge is 0.489 e. The molecule has 0 aromatic heterocycles. The lowest BCUT2D eigenvalue weighted by Gasteiger charge is -2.11. The van der Waals surface area contributed by atoms with Crippen molar-refractivity contribution in [2.24, 2.45) is 0 Å². The molecule has 7 heteroatoms. The van der Waals surface area contributed by atoms with Crippen LogP contribution in [0.4, 0.5) is 5.69 Å². The molecule has 1 amide bonds. The average molecular weight is 410 g/mol. The second-order valence-corrected chi connectivity index (χ2v) is 8.30. The molecule has 0 aliphatic heterocycles. The summed E-state index contributed by atoms with van der Waals surface area (Å²) >= 11 is 0. The van der Waals surface area contributed by atoms with Crippen molar-refractivity contribution in [2.45, 2.75) is 18.4 Å². The zero-order valence-electron chi connectivity index (χ0n) is 16.2. The molecule has 0 radical (unpaired) electrons. The molecule has 2 N–H and O–H groups in total. The van der Waals surface area contributed by atoms with E-state index in [1.165, 1.54) is 13.1 Å². The third-order valence-electron chi connectivity index (χ3n) is 4.37. The van der Waals surface area contributed by atoms with Crippen LogP contribution in [-0.4, -0.2) is 21.4 Å². The molecule has 3 aromatic carbocycles. The van der Waals surface area contributed by atoms with E-state index in [2.05, 4.69) is 10.0 Å².